The topological polar surface area (TPSA) is 37.4 Å². The predicted molar refractivity (Wildman–Crippen MR) is 106 cm³/mol. The van der Waals surface area contributed by atoms with Gasteiger partial charge in [-0.3, -0.25) is 0 Å². The lowest BCUT2D eigenvalue weighted by Gasteiger charge is -2.51. The Morgan fingerprint density at radius 3 is 2.68 bits per heavy atom. The zero-order valence-electron chi connectivity index (χ0n) is 16.2. The summed E-state index contributed by atoms with van der Waals surface area (Å²) in [5.74, 6) is -1.78. The molecule has 0 amide bonds. The third-order valence-electron chi connectivity index (χ3n) is 5.08. The minimum Gasteiger partial charge on any atom is -0.375 e. The molecule has 0 spiro atoms. The van der Waals surface area contributed by atoms with Crippen molar-refractivity contribution in [2.24, 2.45) is 0 Å². The molecule has 3 rings (SSSR count). The van der Waals surface area contributed by atoms with Crippen molar-refractivity contribution in [3.63, 3.8) is 0 Å². The highest BCUT2D eigenvalue weighted by Crippen LogP contribution is 2.39. The largest absolute Gasteiger partial charge is 0.375 e. The summed E-state index contributed by atoms with van der Waals surface area (Å²) in [6.07, 6.45) is 3.06. The van der Waals surface area contributed by atoms with Crippen LogP contribution in [-0.4, -0.2) is 30.8 Å². The smallest absolute Gasteiger partial charge is 0.214 e. The summed E-state index contributed by atoms with van der Waals surface area (Å²) in [4.78, 5) is 5.39. The number of hydrogen-bond acceptors (Lipinski definition) is 5. The molecular formula is C20H24F3N3OS. The molecule has 1 saturated heterocycles. The van der Waals surface area contributed by atoms with Gasteiger partial charge in [-0.25, -0.2) is 13.8 Å². The van der Waals surface area contributed by atoms with Crippen LogP contribution in [0.3, 0.4) is 0 Å². The number of aromatic nitrogens is 1. The van der Waals surface area contributed by atoms with Crippen LogP contribution < -0.4 is 9.62 Å². The molecule has 0 bridgehead atoms. The van der Waals surface area contributed by atoms with E-state index in [1.54, 1.807) is 14.0 Å². The van der Waals surface area contributed by atoms with E-state index in [2.05, 4.69) is 16.6 Å². The number of rotatable bonds is 8. The highest BCUT2D eigenvalue weighted by molar-refractivity contribution is 8.00. The summed E-state index contributed by atoms with van der Waals surface area (Å²) >= 11 is 0.739. The maximum absolute atomic E-state index is 14.8. The normalized spacial score (nSPS) is 15.4. The van der Waals surface area contributed by atoms with Gasteiger partial charge in [-0.1, -0.05) is 25.8 Å². The SMILES string of the molecule is CCCCC1(OC)CN(c2cc(F)c(SNc3cccc(F)n3)c(F)c2C)C1. The molecule has 0 radical (unpaired) electrons. The van der Waals surface area contributed by atoms with Crippen molar-refractivity contribution >= 4 is 23.5 Å². The number of hydrogen-bond donors (Lipinski definition) is 1. The predicted octanol–water partition coefficient (Wildman–Crippen LogP) is 5.32. The molecule has 152 valence electrons. The van der Waals surface area contributed by atoms with Crippen molar-refractivity contribution in [3.05, 3.63) is 47.4 Å². The Labute approximate surface area is 167 Å². The van der Waals surface area contributed by atoms with Gasteiger partial charge in [-0.05, 0) is 43.5 Å². The van der Waals surface area contributed by atoms with Crippen molar-refractivity contribution in [2.75, 3.05) is 29.8 Å². The van der Waals surface area contributed by atoms with Gasteiger partial charge in [0.25, 0.3) is 0 Å². The van der Waals surface area contributed by atoms with E-state index in [0.29, 0.717) is 24.3 Å². The lowest BCUT2D eigenvalue weighted by Crippen LogP contribution is -2.63. The minimum absolute atomic E-state index is 0.170. The zero-order valence-corrected chi connectivity index (χ0v) is 17.0. The van der Waals surface area contributed by atoms with Gasteiger partial charge < -0.3 is 14.4 Å². The van der Waals surface area contributed by atoms with Crippen molar-refractivity contribution in [2.45, 2.75) is 43.6 Å². The zero-order chi connectivity index (χ0) is 20.3. The number of nitrogens with one attached hydrogen (secondary N) is 1. The summed E-state index contributed by atoms with van der Waals surface area (Å²) in [7, 11) is 1.69. The Morgan fingerprint density at radius 1 is 1.29 bits per heavy atom. The van der Waals surface area contributed by atoms with Gasteiger partial charge in [0.2, 0.25) is 5.95 Å². The van der Waals surface area contributed by atoms with E-state index in [1.807, 2.05) is 4.90 Å². The van der Waals surface area contributed by atoms with Gasteiger partial charge in [-0.15, -0.1) is 0 Å². The number of pyridine rings is 1. The molecule has 0 atom stereocenters. The minimum atomic E-state index is -0.671. The first-order valence-corrected chi connectivity index (χ1v) is 10.0. The Hall–Kier alpha value is -1.93. The highest BCUT2D eigenvalue weighted by atomic mass is 32.2. The summed E-state index contributed by atoms with van der Waals surface area (Å²) in [5.41, 5.74) is 0.665. The van der Waals surface area contributed by atoms with Crippen LogP contribution in [0, 0.1) is 24.5 Å². The van der Waals surface area contributed by atoms with Gasteiger partial charge in [-0.2, -0.15) is 4.39 Å². The van der Waals surface area contributed by atoms with Crippen LogP contribution >= 0.6 is 11.9 Å². The van der Waals surface area contributed by atoms with Gasteiger partial charge >= 0.3 is 0 Å². The standard InChI is InChI=1S/C20H24F3N3OS/c1-4-5-9-20(27-3)11-26(12-20)15-10-14(21)19(18(23)13(15)2)28-25-17-8-6-7-16(22)24-17/h6-8,10H,4-5,9,11-12H2,1-3H3,(H,24,25). The van der Waals surface area contributed by atoms with E-state index in [0.717, 1.165) is 31.2 Å². The number of unbranched alkanes of at least 4 members (excludes halogenated alkanes) is 1. The third-order valence-corrected chi connectivity index (χ3v) is 5.97. The second-order valence-corrected chi connectivity index (χ2v) is 7.86. The Morgan fingerprint density at radius 2 is 2.04 bits per heavy atom. The molecule has 0 aliphatic carbocycles. The molecule has 4 nitrogen and oxygen atoms in total. The summed E-state index contributed by atoms with van der Waals surface area (Å²) in [6, 6.07) is 5.54. The lowest BCUT2D eigenvalue weighted by molar-refractivity contribution is -0.0409. The Balaban J connectivity index is 1.74. The molecule has 1 fully saturated rings. The fourth-order valence-electron chi connectivity index (χ4n) is 3.38. The summed E-state index contributed by atoms with van der Waals surface area (Å²) in [5, 5.41) is 0. The van der Waals surface area contributed by atoms with E-state index < -0.39 is 17.6 Å². The fraction of sp³-hybridized carbons (Fsp3) is 0.450. The van der Waals surface area contributed by atoms with Gasteiger partial charge in [0.05, 0.1) is 0 Å². The average Bonchev–Trinajstić information content (AvgIpc) is 2.64. The molecule has 1 aromatic carbocycles. The number of nitrogens with zero attached hydrogens (tertiary/aromatic N) is 2. The van der Waals surface area contributed by atoms with Crippen LogP contribution in [0.1, 0.15) is 31.7 Å². The summed E-state index contributed by atoms with van der Waals surface area (Å²) < 4.78 is 51.0. The summed E-state index contributed by atoms with van der Waals surface area (Å²) in [6.45, 7) is 4.98. The van der Waals surface area contributed by atoms with E-state index in [-0.39, 0.29) is 16.3 Å². The molecule has 1 aromatic heterocycles. The van der Waals surface area contributed by atoms with E-state index in [1.165, 1.54) is 24.3 Å². The van der Waals surface area contributed by atoms with Gasteiger partial charge in [0.1, 0.15) is 27.9 Å². The first-order valence-electron chi connectivity index (χ1n) is 9.23. The molecule has 1 aliphatic rings. The van der Waals surface area contributed by atoms with Gasteiger partial charge in [0, 0.05) is 31.5 Å². The molecule has 8 heteroatoms. The van der Waals surface area contributed by atoms with Crippen LogP contribution in [0.25, 0.3) is 0 Å². The van der Waals surface area contributed by atoms with Crippen LogP contribution in [0.5, 0.6) is 0 Å². The molecule has 1 N–H and O–H groups in total. The molecule has 1 aliphatic heterocycles. The Kier molecular flexibility index (Phi) is 6.40. The van der Waals surface area contributed by atoms with E-state index in [4.69, 9.17) is 4.74 Å². The monoisotopic (exact) mass is 411 g/mol. The van der Waals surface area contributed by atoms with Gasteiger partial charge in [0.15, 0.2) is 0 Å². The van der Waals surface area contributed by atoms with Crippen LogP contribution in [0.4, 0.5) is 24.7 Å². The lowest BCUT2D eigenvalue weighted by atomic mass is 9.87. The number of methoxy groups -OCH3 is 1. The van der Waals surface area contributed by atoms with E-state index >= 15 is 0 Å². The van der Waals surface area contributed by atoms with Crippen molar-refractivity contribution in [1.29, 1.82) is 0 Å². The molecule has 28 heavy (non-hydrogen) atoms. The molecule has 2 aromatic rings. The molecular weight excluding hydrogens is 387 g/mol. The average molecular weight is 411 g/mol. The maximum Gasteiger partial charge on any atom is 0.214 e. The molecule has 2 heterocycles. The second kappa shape index (κ2) is 8.61. The number of ether oxygens (including phenoxy) is 1. The highest BCUT2D eigenvalue weighted by Gasteiger charge is 2.43. The van der Waals surface area contributed by atoms with E-state index in [9.17, 15) is 13.2 Å². The molecule has 0 unspecified atom stereocenters. The van der Waals surface area contributed by atoms with Crippen molar-refractivity contribution < 1.29 is 17.9 Å². The van der Waals surface area contributed by atoms with Crippen LogP contribution in [0.15, 0.2) is 29.2 Å². The number of benzene rings is 1. The van der Waals surface area contributed by atoms with Crippen LogP contribution in [-0.2, 0) is 4.74 Å². The third kappa shape index (κ3) is 4.22. The quantitative estimate of drug-likeness (QED) is 0.470. The van der Waals surface area contributed by atoms with Crippen molar-refractivity contribution in [1.82, 2.24) is 4.98 Å². The van der Waals surface area contributed by atoms with Crippen LogP contribution in [0.2, 0.25) is 0 Å². The number of anilines is 2. The first kappa shape index (κ1) is 20.8. The first-order chi connectivity index (χ1) is 13.4. The van der Waals surface area contributed by atoms with Crippen molar-refractivity contribution in [3.8, 4) is 0 Å². The number of halogens is 3. The second-order valence-electron chi connectivity index (χ2n) is 7.04. The Bertz CT molecular complexity index is 844. The fourth-order valence-corrected chi connectivity index (χ4v) is 4.10. The molecule has 0 saturated carbocycles. The maximum atomic E-state index is 14.8.